The number of rotatable bonds is 4. The van der Waals surface area contributed by atoms with Gasteiger partial charge in [0.05, 0.1) is 0 Å². The first-order valence-electron chi connectivity index (χ1n) is 8.07. The maximum Gasteiger partial charge on any atom is 0.238 e. The van der Waals surface area contributed by atoms with Crippen LogP contribution in [-0.2, 0) is 11.3 Å². The van der Waals surface area contributed by atoms with Gasteiger partial charge in [0, 0.05) is 13.0 Å². The summed E-state index contributed by atoms with van der Waals surface area (Å²) >= 11 is 5.17. The summed E-state index contributed by atoms with van der Waals surface area (Å²) in [6.45, 7) is 0.648. The topological polar surface area (TPSA) is 53.2 Å². The Hall–Kier alpha value is -1.62. The summed E-state index contributed by atoms with van der Waals surface area (Å²) in [6, 6.07) is 10.0. The van der Waals surface area contributed by atoms with Gasteiger partial charge in [-0.05, 0) is 54.8 Å². The van der Waals surface area contributed by atoms with Gasteiger partial charge in [-0.25, -0.2) is 0 Å². The number of thiocarbonyl (C=S) groups is 1. The van der Waals surface area contributed by atoms with E-state index >= 15 is 0 Å². The molecule has 2 fully saturated rings. The van der Waals surface area contributed by atoms with E-state index in [1.54, 1.807) is 0 Å². The summed E-state index contributed by atoms with van der Waals surface area (Å²) in [4.78, 5) is 12.0. The monoisotopic (exact) mass is 317 g/mol. The summed E-state index contributed by atoms with van der Waals surface area (Å²) in [5.41, 5.74) is 6.66. The van der Waals surface area contributed by atoms with Crippen molar-refractivity contribution in [1.29, 1.82) is 0 Å². The van der Waals surface area contributed by atoms with Crippen molar-refractivity contribution < 1.29 is 4.79 Å². The Bertz CT molecular complexity index is 534. The van der Waals surface area contributed by atoms with E-state index in [4.69, 9.17) is 12.2 Å². The van der Waals surface area contributed by atoms with E-state index < -0.39 is 0 Å². The van der Waals surface area contributed by atoms with Crippen LogP contribution in [0, 0.1) is 17.8 Å². The van der Waals surface area contributed by atoms with Crippen LogP contribution in [0.4, 0.5) is 0 Å². The first kappa shape index (κ1) is 15.3. The van der Waals surface area contributed by atoms with Crippen molar-refractivity contribution in [2.75, 3.05) is 0 Å². The normalized spacial score (nSPS) is 25.7. The van der Waals surface area contributed by atoms with Crippen LogP contribution in [0.5, 0.6) is 0 Å². The molecule has 5 heteroatoms. The molecule has 0 radical (unpaired) electrons. The number of hydrogen-bond donors (Lipinski definition) is 3. The molecule has 0 aromatic heterocycles. The minimum Gasteiger partial charge on any atom is -0.357 e. The van der Waals surface area contributed by atoms with E-state index in [0.717, 1.165) is 17.4 Å². The third-order valence-electron chi connectivity index (χ3n) is 4.94. The fourth-order valence-corrected chi connectivity index (χ4v) is 3.99. The summed E-state index contributed by atoms with van der Waals surface area (Å²) in [7, 11) is 0. The van der Waals surface area contributed by atoms with Crippen LogP contribution in [0.1, 0.15) is 37.7 Å². The Morgan fingerprint density at radius 3 is 2.64 bits per heavy atom. The lowest BCUT2D eigenvalue weighted by Gasteiger charge is -2.21. The Kier molecular flexibility index (Phi) is 4.93. The Balaban J connectivity index is 1.33. The second-order valence-corrected chi connectivity index (χ2v) is 6.89. The summed E-state index contributed by atoms with van der Waals surface area (Å²) in [6.07, 6.45) is 5.87. The fourth-order valence-electron chi connectivity index (χ4n) is 3.86. The van der Waals surface area contributed by atoms with Crippen molar-refractivity contribution in [2.45, 2.75) is 38.6 Å². The smallest absolute Gasteiger partial charge is 0.238 e. The molecule has 0 unspecified atom stereocenters. The molecule has 2 saturated carbocycles. The van der Waals surface area contributed by atoms with Gasteiger partial charge < -0.3 is 5.32 Å². The molecule has 3 rings (SSSR count). The van der Waals surface area contributed by atoms with Gasteiger partial charge in [-0.2, -0.15) is 0 Å². The predicted molar refractivity (Wildman–Crippen MR) is 90.7 cm³/mol. The van der Waals surface area contributed by atoms with Crippen LogP contribution in [0.2, 0.25) is 0 Å². The maximum absolute atomic E-state index is 12.0. The van der Waals surface area contributed by atoms with Crippen molar-refractivity contribution in [2.24, 2.45) is 17.8 Å². The third kappa shape index (κ3) is 3.97. The van der Waals surface area contributed by atoms with Crippen LogP contribution >= 0.6 is 12.2 Å². The Morgan fingerprint density at radius 2 is 1.95 bits per heavy atom. The lowest BCUT2D eigenvalue weighted by molar-refractivity contribution is -0.122. The minimum atomic E-state index is 0.0430. The van der Waals surface area contributed by atoms with E-state index in [-0.39, 0.29) is 5.91 Å². The molecule has 4 nitrogen and oxygen atoms in total. The molecule has 3 N–H and O–H groups in total. The standard InChI is InChI=1S/C17H23N3OS/c21-16(10-15-9-13-6-7-14(15)8-13)19-20-17(22)18-11-12-4-2-1-3-5-12/h1-5,13-15H,6-11H2,(H,19,21)(H2,18,20,22)/t13-,14-,15+/m1/s1. The average molecular weight is 317 g/mol. The van der Waals surface area contributed by atoms with Gasteiger partial charge in [0.25, 0.3) is 0 Å². The zero-order valence-electron chi connectivity index (χ0n) is 12.7. The van der Waals surface area contributed by atoms with E-state index in [1.165, 1.54) is 25.7 Å². The zero-order chi connectivity index (χ0) is 15.4. The maximum atomic E-state index is 12.0. The first-order valence-corrected chi connectivity index (χ1v) is 8.48. The summed E-state index contributed by atoms with van der Waals surface area (Å²) < 4.78 is 0. The van der Waals surface area contributed by atoms with Gasteiger partial charge in [-0.3, -0.25) is 15.6 Å². The SMILES string of the molecule is O=C(C[C@@H]1C[C@@H]2CC[C@@H]1C2)NNC(=S)NCc1ccccc1. The molecule has 0 aliphatic heterocycles. The lowest BCUT2D eigenvalue weighted by atomic mass is 9.86. The summed E-state index contributed by atoms with van der Waals surface area (Å²) in [5.74, 6) is 2.27. The second kappa shape index (κ2) is 7.09. The van der Waals surface area contributed by atoms with Crippen LogP contribution in [-0.4, -0.2) is 11.0 Å². The largest absolute Gasteiger partial charge is 0.357 e. The highest BCUT2D eigenvalue weighted by atomic mass is 32.1. The number of hydrazine groups is 1. The quantitative estimate of drug-likeness (QED) is 0.590. The van der Waals surface area contributed by atoms with Crippen molar-refractivity contribution in [3.05, 3.63) is 35.9 Å². The van der Waals surface area contributed by atoms with Gasteiger partial charge in [-0.1, -0.05) is 36.8 Å². The molecule has 1 aromatic carbocycles. The van der Waals surface area contributed by atoms with E-state index in [1.807, 2.05) is 30.3 Å². The molecule has 0 heterocycles. The first-order chi connectivity index (χ1) is 10.7. The number of benzene rings is 1. The fraction of sp³-hybridized carbons (Fsp3) is 0.529. The Labute approximate surface area is 137 Å². The van der Waals surface area contributed by atoms with Crippen molar-refractivity contribution >= 4 is 23.2 Å². The summed E-state index contributed by atoms with van der Waals surface area (Å²) in [5, 5.41) is 3.53. The predicted octanol–water partition coefficient (Wildman–Crippen LogP) is 2.51. The molecule has 2 aliphatic carbocycles. The molecule has 0 saturated heterocycles. The molecular weight excluding hydrogens is 294 g/mol. The van der Waals surface area contributed by atoms with Crippen LogP contribution in [0.3, 0.4) is 0 Å². The van der Waals surface area contributed by atoms with Crippen molar-refractivity contribution in [3.63, 3.8) is 0 Å². The number of hydrogen-bond acceptors (Lipinski definition) is 2. The highest BCUT2D eigenvalue weighted by molar-refractivity contribution is 7.80. The van der Waals surface area contributed by atoms with Gasteiger partial charge in [-0.15, -0.1) is 0 Å². The van der Waals surface area contributed by atoms with Gasteiger partial charge in [0.15, 0.2) is 5.11 Å². The second-order valence-electron chi connectivity index (χ2n) is 6.48. The number of fused-ring (bicyclic) bond motifs is 2. The van der Waals surface area contributed by atoms with Crippen molar-refractivity contribution in [3.8, 4) is 0 Å². The molecular formula is C17H23N3OS. The molecule has 1 aromatic rings. The van der Waals surface area contributed by atoms with Crippen LogP contribution < -0.4 is 16.2 Å². The number of nitrogens with one attached hydrogen (secondary N) is 3. The zero-order valence-corrected chi connectivity index (χ0v) is 13.5. The van der Waals surface area contributed by atoms with E-state index in [0.29, 0.717) is 24.0 Å². The third-order valence-corrected chi connectivity index (χ3v) is 5.19. The van der Waals surface area contributed by atoms with Crippen LogP contribution in [0.25, 0.3) is 0 Å². The van der Waals surface area contributed by atoms with Gasteiger partial charge >= 0.3 is 0 Å². The molecule has 2 aliphatic rings. The van der Waals surface area contributed by atoms with E-state index in [2.05, 4.69) is 16.2 Å². The minimum absolute atomic E-state index is 0.0430. The number of carbonyl (C=O) groups is 1. The average Bonchev–Trinajstić information content (AvgIpc) is 3.14. The Morgan fingerprint density at radius 1 is 1.14 bits per heavy atom. The molecule has 118 valence electrons. The molecule has 1 amide bonds. The molecule has 22 heavy (non-hydrogen) atoms. The van der Waals surface area contributed by atoms with Crippen LogP contribution in [0.15, 0.2) is 30.3 Å². The highest BCUT2D eigenvalue weighted by Crippen LogP contribution is 2.49. The van der Waals surface area contributed by atoms with Gasteiger partial charge in [0.2, 0.25) is 5.91 Å². The highest BCUT2D eigenvalue weighted by Gasteiger charge is 2.40. The van der Waals surface area contributed by atoms with Crippen molar-refractivity contribution in [1.82, 2.24) is 16.2 Å². The molecule has 2 bridgehead atoms. The molecule has 0 spiro atoms. The van der Waals surface area contributed by atoms with E-state index in [9.17, 15) is 4.79 Å². The lowest BCUT2D eigenvalue weighted by Crippen LogP contribution is -2.47. The number of amides is 1. The molecule has 3 atom stereocenters. The van der Waals surface area contributed by atoms with Gasteiger partial charge in [0.1, 0.15) is 0 Å². The number of carbonyl (C=O) groups excluding carboxylic acids is 1.